The Labute approximate surface area is 210 Å². The van der Waals surface area contributed by atoms with Crippen LogP contribution in [0.25, 0.3) is 0 Å². The molecule has 4 N–H and O–H groups in total. The topological polar surface area (TPSA) is 157 Å². The summed E-state index contributed by atoms with van der Waals surface area (Å²) in [6, 6.07) is 5.45. The average molecular weight is 499 g/mol. The van der Waals surface area contributed by atoms with Gasteiger partial charge in [0, 0.05) is 18.0 Å². The third-order valence-corrected chi connectivity index (χ3v) is 4.58. The van der Waals surface area contributed by atoms with Crippen LogP contribution < -0.4 is 16.4 Å². The van der Waals surface area contributed by atoms with E-state index in [9.17, 15) is 24.0 Å². The zero-order valence-corrected chi connectivity index (χ0v) is 20.6. The van der Waals surface area contributed by atoms with E-state index in [1.807, 2.05) is 0 Å². The molecular formula is C25H30N4O7. The summed E-state index contributed by atoms with van der Waals surface area (Å²) in [6.45, 7) is 4.40. The van der Waals surface area contributed by atoms with E-state index >= 15 is 0 Å². The van der Waals surface area contributed by atoms with E-state index in [0.717, 1.165) is 12.0 Å². The number of esters is 1. The zero-order chi connectivity index (χ0) is 27.5. The van der Waals surface area contributed by atoms with Crippen LogP contribution in [0.3, 0.4) is 0 Å². The number of carbonyl (C=O) groups is 5. The molecule has 0 saturated carbocycles. The van der Waals surface area contributed by atoms with Crippen LogP contribution in [0.5, 0.6) is 0 Å². The summed E-state index contributed by atoms with van der Waals surface area (Å²) < 4.78 is 9.72. The Morgan fingerprint density at radius 1 is 1.11 bits per heavy atom. The third kappa shape index (κ3) is 9.39. The van der Waals surface area contributed by atoms with Crippen molar-refractivity contribution in [2.75, 3.05) is 13.7 Å². The van der Waals surface area contributed by atoms with Crippen LogP contribution in [-0.4, -0.2) is 60.0 Å². The lowest BCUT2D eigenvalue weighted by Crippen LogP contribution is -2.52. The lowest BCUT2D eigenvalue weighted by atomic mass is 10.0. The van der Waals surface area contributed by atoms with Crippen molar-refractivity contribution in [2.45, 2.75) is 51.3 Å². The molecule has 0 aromatic heterocycles. The van der Waals surface area contributed by atoms with Crippen LogP contribution in [0.4, 0.5) is 4.79 Å². The molecule has 1 aromatic rings. The van der Waals surface area contributed by atoms with Crippen molar-refractivity contribution in [1.29, 1.82) is 0 Å². The molecule has 0 aliphatic carbocycles. The fourth-order valence-corrected chi connectivity index (χ4v) is 2.93. The smallest absolute Gasteiger partial charge is 0.408 e. The molecule has 0 bridgehead atoms. The summed E-state index contributed by atoms with van der Waals surface area (Å²) in [7, 11) is 1.15. The largest absolute Gasteiger partial charge is 0.468 e. The lowest BCUT2D eigenvalue weighted by molar-refractivity contribution is -0.142. The number of hydrogen-bond donors (Lipinski definition) is 3. The first-order valence-electron chi connectivity index (χ1n) is 10.8. The predicted octanol–water partition coefficient (Wildman–Crippen LogP) is 0.576. The quantitative estimate of drug-likeness (QED) is 0.242. The van der Waals surface area contributed by atoms with Gasteiger partial charge in [0.25, 0.3) is 5.91 Å². The van der Waals surface area contributed by atoms with Gasteiger partial charge in [-0.3, -0.25) is 24.1 Å². The lowest BCUT2D eigenvalue weighted by Gasteiger charge is -2.30. The SMILES string of the molecule is C#Cc1ccc(C(C(=O)NCC(=O)OC)N(C#C)C(=O)C(CCC(N)=O)NC(=O)OC(C)(C)C)cc1. The molecule has 0 fully saturated rings. The normalized spacial score (nSPS) is 12.1. The van der Waals surface area contributed by atoms with Gasteiger partial charge < -0.3 is 25.8 Å². The molecular weight excluding hydrogens is 468 g/mol. The Hall–Kier alpha value is -4.51. The predicted molar refractivity (Wildman–Crippen MR) is 129 cm³/mol. The molecule has 192 valence electrons. The van der Waals surface area contributed by atoms with E-state index in [-0.39, 0.29) is 18.4 Å². The van der Waals surface area contributed by atoms with Crippen LogP contribution in [-0.2, 0) is 28.7 Å². The second-order valence-electron chi connectivity index (χ2n) is 8.50. The van der Waals surface area contributed by atoms with Gasteiger partial charge in [-0.15, -0.1) is 6.42 Å². The molecule has 36 heavy (non-hydrogen) atoms. The number of ether oxygens (including phenoxy) is 2. The monoisotopic (exact) mass is 498 g/mol. The maximum absolute atomic E-state index is 13.5. The van der Waals surface area contributed by atoms with Gasteiger partial charge in [-0.2, -0.15) is 0 Å². The molecule has 1 rings (SSSR count). The Balaban J connectivity index is 3.39. The number of amides is 4. The van der Waals surface area contributed by atoms with E-state index in [4.69, 9.17) is 23.3 Å². The maximum Gasteiger partial charge on any atom is 0.408 e. The van der Waals surface area contributed by atoms with Crippen LogP contribution in [0.2, 0.25) is 0 Å². The highest BCUT2D eigenvalue weighted by Crippen LogP contribution is 2.23. The van der Waals surface area contributed by atoms with Crippen molar-refractivity contribution < 1.29 is 33.4 Å². The van der Waals surface area contributed by atoms with E-state index in [2.05, 4.69) is 27.3 Å². The van der Waals surface area contributed by atoms with Crippen LogP contribution in [0.1, 0.15) is 50.8 Å². The van der Waals surface area contributed by atoms with Gasteiger partial charge in [-0.25, -0.2) is 4.79 Å². The molecule has 2 atom stereocenters. The summed E-state index contributed by atoms with van der Waals surface area (Å²) in [4.78, 5) is 62.6. The summed E-state index contributed by atoms with van der Waals surface area (Å²) >= 11 is 0. The zero-order valence-electron chi connectivity index (χ0n) is 20.6. The number of nitrogens with two attached hydrogens (primary N) is 1. The Morgan fingerprint density at radius 2 is 1.72 bits per heavy atom. The first-order valence-corrected chi connectivity index (χ1v) is 10.8. The van der Waals surface area contributed by atoms with Crippen LogP contribution >= 0.6 is 0 Å². The molecule has 0 spiro atoms. The van der Waals surface area contributed by atoms with Gasteiger partial charge in [0.1, 0.15) is 24.2 Å². The highest BCUT2D eigenvalue weighted by Gasteiger charge is 2.36. The fraction of sp³-hybridized carbons (Fsp3) is 0.400. The number of rotatable bonds is 10. The summed E-state index contributed by atoms with van der Waals surface area (Å²) in [6.07, 6.45) is 9.61. The molecule has 0 saturated heterocycles. The molecule has 11 heteroatoms. The van der Waals surface area contributed by atoms with Crippen molar-refractivity contribution in [3.8, 4) is 24.8 Å². The highest BCUT2D eigenvalue weighted by atomic mass is 16.6. The Morgan fingerprint density at radius 3 is 2.19 bits per heavy atom. The first kappa shape index (κ1) is 29.5. The average Bonchev–Trinajstić information content (AvgIpc) is 2.81. The van der Waals surface area contributed by atoms with Crippen molar-refractivity contribution in [1.82, 2.24) is 15.5 Å². The maximum atomic E-state index is 13.5. The number of carbonyl (C=O) groups excluding carboxylic acids is 5. The third-order valence-electron chi connectivity index (χ3n) is 4.58. The van der Waals surface area contributed by atoms with E-state index in [1.165, 1.54) is 12.1 Å². The van der Waals surface area contributed by atoms with Crippen LogP contribution in [0.15, 0.2) is 24.3 Å². The van der Waals surface area contributed by atoms with Crippen molar-refractivity contribution in [3.63, 3.8) is 0 Å². The number of nitrogens with one attached hydrogen (secondary N) is 2. The number of primary amides is 1. The van der Waals surface area contributed by atoms with Gasteiger partial charge >= 0.3 is 12.1 Å². The molecule has 4 amide bonds. The molecule has 0 radical (unpaired) electrons. The van der Waals surface area contributed by atoms with Crippen molar-refractivity contribution >= 4 is 29.8 Å². The molecule has 0 aliphatic rings. The number of terminal acetylenes is 2. The number of nitrogens with zero attached hydrogens (tertiary/aromatic N) is 1. The standard InChI is InChI=1S/C25H30N4O7/c1-7-16-9-11-17(12-10-16)21(22(32)27-15-20(31)35-6)29(8-2)23(33)18(13-14-19(26)30)28-24(34)36-25(3,4)5/h1-2,9-12,18,21H,13-15H2,3-6H3,(H2,26,30)(H,27,32)(H,28,34). The number of benzene rings is 1. The van der Waals surface area contributed by atoms with Gasteiger partial charge in [0.15, 0.2) is 0 Å². The second kappa shape index (κ2) is 13.4. The number of methoxy groups -OCH3 is 1. The van der Waals surface area contributed by atoms with Crippen molar-refractivity contribution in [2.24, 2.45) is 5.73 Å². The molecule has 1 aromatic carbocycles. The number of alkyl carbamates (subject to hydrolysis) is 1. The van der Waals surface area contributed by atoms with Crippen LogP contribution in [0, 0.1) is 24.8 Å². The Bertz CT molecular complexity index is 1060. The van der Waals surface area contributed by atoms with Gasteiger partial charge in [0.05, 0.1) is 7.11 Å². The van der Waals surface area contributed by atoms with E-state index in [1.54, 1.807) is 32.9 Å². The summed E-state index contributed by atoms with van der Waals surface area (Å²) in [5, 5.41) is 4.74. The van der Waals surface area contributed by atoms with Gasteiger partial charge in [0.2, 0.25) is 11.8 Å². The fourth-order valence-electron chi connectivity index (χ4n) is 2.93. The molecule has 2 unspecified atom stereocenters. The Kier molecular flexibility index (Phi) is 11.0. The van der Waals surface area contributed by atoms with Gasteiger partial charge in [-0.05, 0) is 44.9 Å². The minimum absolute atomic E-state index is 0.210. The van der Waals surface area contributed by atoms with Gasteiger partial charge in [-0.1, -0.05) is 24.5 Å². The highest BCUT2D eigenvalue weighted by molar-refractivity contribution is 5.94. The first-order chi connectivity index (χ1) is 16.8. The second-order valence-corrected chi connectivity index (χ2v) is 8.50. The van der Waals surface area contributed by atoms with E-state index in [0.29, 0.717) is 5.56 Å². The molecule has 0 aliphatic heterocycles. The number of hydrogen-bond acceptors (Lipinski definition) is 7. The van der Waals surface area contributed by atoms with Crippen molar-refractivity contribution in [3.05, 3.63) is 35.4 Å². The minimum Gasteiger partial charge on any atom is -0.468 e. The molecule has 0 heterocycles. The van der Waals surface area contributed by atoms with E-state index < -0.39 is 54.0 Å². The molecule has 11 nitrogen and oxygen atoms in total. The minimum atomic E-state index is -1.42. The summed E-state index contributed by atoms with van der Waals surface area (Å²) in [5.41, 5.74) is 5.13. The summed E-state index contributed by atoms with van der Waals surface area (Å²) in [5.74, 6) is -0.698.